The number of hydrogen-bond donors (Lipinski definition) is 2. The van der Waals surface area contributed by atoms with Gasteiger partial charge in [-0.05, 0) is 30.4 Å². The van der Waals surface area contributed by atoms with E-state index in [0.717, 1.165) is 12.5 Å². The summed E-state index contributed by atoms with van der Waals surface area (Å²) in [5, 5.41) is 12.2. The maximum absolute atomic E-state index is 13.6. The van der Waals surface area contributed by atoms with E-state index in [-0.39, 0.29) is 29.9 Å². The normalized spacial score (nSPS) is 22.4. The van der Waals surface area contributed by atoms with E-state index in [9.17, 15) is 18.7 Å². The first-order valence-corrected chi connectivity index (χ1v) is 6.94. The molecule has 2 N–H and O–H groups in total. The molecule has 3 nitrogen and oxygen atoms in total. The highest BCUT2D eigenvalue weighted by atomic mass is 19.2. The first kappa shape index (κ1) is 14.9. The Hall–Kier alpha value is -1.49. The smallest absolute Gasteiger partial charge is 0.223 e. The fourth-order valence-electron chi connectivity index (χ4n) is 2.42. The van der Waals surface area contributed by atoms with E-state index in [1.807, 2.05) is 6.92 Å². The minimum absolute atomic E-state index is 0.200. The van der Waals surface area contributed by atoms with Gasteiger partial charge in [-0.1, -0.05) is 25.5 Å². The van der Waals surface area contributed by atoms with E-state index in [2.05, 4.69) is 5.32 Å². The number of nitrogens with one attached hydrogen (secondary N) is 1. The summed E-state index contributed by atoms with van der Waals surface area (Å²) < 4.78 is 26.7. The number of carbonyl (C=O) groups is 1. The van der Waals surface area contributed by atoms with Gasteiger partial charge in [0.05, 0.1) is 6.10 Å². The molecule has 3 atom stereocenters. The molecule has 0 aromatic heterocycles. The van der Waals surface area contributed by atoms with Gasteiger partial charge in [-0.3, -0.25) is 4.79 Å². The summed E-state index contributed by atoms with van der Waals surface area (Å²) in [6.07, 6.45) is 1.45. The topological polar surface area (TPSA) is 49.3 Å². The highest BCUT2D eigenvalue weighted by Gasteiger charge is 2.45. The Morgan fingerprint density at radius 1 is 1.50 bits per heavy atom. The van der Waals surface area contributed by atoms with Gasteiger partial charge >= 0.3 is 0 Å². The number of hydrogen-bond acceptors (Lipinski definition) is 2. The van der Waals surface area contributed by atoms with E-state index >= 15 is 0 Å². The van der Waals surface area contributed by atoms with Crippen molar-refractivity contribution in [3.8, 4) is 0 Å². The van der Waals surface area contributed by atoms with Crippen LogP contribution in [-0.4, -0.2) is 23.7 Å². The Morgan fingerprint density at radius 3 is 2.95 bits per heavy atom. The number of aliphatic hydroxyl groups is 1. The molecule has 0 saturated heterocycles. The van der Waals surface area contributed by atoms with Crippen LogP contribution in [0.15, 0.2) is 18.2 Å². The maximum atomic E-state index is 13.6. The van der Waals surface area contributed by atoms with Crippen molar-refractivity contribution in [3.05, 3.63) is 35.4 Å². The van der Waals surface area contributed by atoms with Gasteiger partial charge in [-0.2, -0.15) is 0 Å². The number of aliphatic hydroxyl groups excluding tert-OH is 1. The van der Waals surface area contributed by atoms with Crippen molar-refractivity contribution in [1.82, 2.24) is 5.32 Å². The van der Waals surface area contributed by atoms with Crippen LogP contribution in [0.2, 0.25) is 0 Å². The number of amides is 1. The number of carbonyl (C=O) groups excluding carboxylic acids is 1. The molecule has 5 heteroatoms. The minimum atomic E-state index is -0.882. The molecule has 20 heavy (non-hydrogen) atoms. The van der Waals surface area contributed by atoms with Gasteiger partial charge in [-0.25, -0.2) is 8.78 Å². The molecule has 1 aromatic carbocycles. The highest BCUT2D eigenvalue weighted by Crippen LogP contribution is 2.48. The quantitative estimate of drug-likeness (QED) is 0.842. The Labute approximate surface area is 117 Å². The summed E-state index contributed by atoms with van der Waals surface area (Å²) in [7, 11) is 0. The Bertz CT molecular complexity index is 493. The van der Waals surface area contributed by atoms with Crippen molar-refractivity contribution in [1.29, 1.82) is 0 Å². The van der Waals surface area contributed by atoms with Gasteiger partial charge in [0.15, 0.2) is 11.6 Å². The van der Waals surface area contributed by atoms with Gasteiger partial charge < -0.3 is 10.4 Å². The maximum Gasteiger partial charge on any atom is 0.223 e. The minimum Gasteiger partial charge on any atom is -0.391 e. The lowest BCUT2D eigenvalue weighted by Gasteiger charge is -2.10. The van der Waals surface area contributed by atoms with Crippen molar-refractivity contribution in [3.63, 3.8) is 0 Å². The summed E-state index contributed by atoms with van der Waals surface area (Å²) in [6.45, 7) is 2.16. The second kappa shape index (κ2) is 6.31. The van der Waals surface area contributed by atoms with Crippen LogP contribution in [0.25, 0.3) is 0 Å². The molecule has 0 bridgehead atoms. The Kier molecular flexibility index (Phi) is 4.70. The Morgan fingerprint density at radius 2 is 2.25 bits per heavy atom. The summed E-state index contributed by atoms with van der Waals surface area (Å²) in [6, 6.07) is 4.03. The van der Waals surface area contributed by atoms with Crippen LogP contribution in [0.4, 0.5) is 8.78 Å². The summed E-state index contributed by atoms with van der Waals surface area (Å²) in [5.74, 6) is -2.52. The van der Waals surface area contributed by atoms with Crippen LogP contribution in [0.5, 0.6) is 0 Å². The van der Waals surface area contributed by atoms with Crippen LogP contribution in [-0.2, 0) is 4.79 Å². The zero-order valence-corrected chi connectivity index (χ0v) is 11.4. The first-order chi connectivity index (χ1) is 9.54. The van der Waals surface area contributed by atoms with E-state index in [0.29, 0.717) is 12.8 Å². The van der Waals surface area contributed by atoms with E-state index in [1.54, 1.807) is 0 Å². The predicted molar refractivity (Wildman–Crippen MR) is 71.1 cm³/mol. The lowest BCUT2D eigenvalue weighted by atomic mass is 10.1. The molecular formula is C15H19F2NO2. The lowest BCUT2D eigenvalue weighted by Crippen LogP contribution is -2.33. The highest BCUT2D eigenvalue weighted by molar-refractivity contribution is 5.82. The molecule has 0 aliphatic heterocycles. The SMILES string of the molecule is CCCC(O)CNC(=O)C1CC1c1cccc(F)c1F. The monoisotopic (exact) mass is 283 g/mol. The zero-order valence-electron chi connectivity index (χ0n) is 11.4. The molecule has 0 spiro atoms. The second-order valence-corrected chi connectivity index (χ2v) is 5.28. The molecule has 0 radical (unpaired) electrons. The molecule has 0 heterocycles. The van der Waals surface area contributed by atoms with Gasteiger partial charge in [0.25, 0.3) is 0 Å². The van der Waals surface area contributed by atoms with Crippen molar-refractivity contribution in [2.75, 3.05) is 6.54 Å². The number of rotatable bonds is 6. The molecule has 3 unspecified atom stereocenters. The standard InChI is InChI=1S/C15H19F2NO2/c1-2-4-9(19)8-18-15(20)12-7-11(12)10-5-3-6-13(16)14(10)17/h3,5-6,9,11-12,19H,2,4,7-8H2,1H3,(H,18,20). The average Bonchev–Trinajstić information content (AvgIpc) is 3.20. The largest absolute Gasteiger partial charge is 0.391 e. The third-order valence-corrected chi connectivity index (χ3v) is 3.64. The zero-order chi connectivity index (χ0) is 14.7. The fourth-order valence-corrected chi connectivity index (χ4v) is 2.42. The van der Waals surface area contributed by atoms with Crippen LogP contribution in [0.3, 0.4) is 0 Å². The predicted octanol–water partition coefficient (Wildman–Crippen LogP) is 2.35. The Balaban J connectivity index is 1.88. The van der Waals surface area contributed by atoms with E-state index < -0.39 is 17.7 Å². The van der Waals surface area contributed by atoms with Crippen molar-refractivity contribution in [2.24, 2.45) is 5.92 Å². The number of halogens is 2. The summed E-state index contributed by atoms with van der Waals surface area (Å²) in [4.78, 5) is 11.9. The summed E-state index contributed by atoms with van der Waals surface area (Å²) >= 11 is 0. The summed E-state index contributed by atoms with van der Waals surface area (Å²) in [5.41, 5.74) is 0.263. The molecule has 1 aliphatic rings. The van der Waals surface area contributed by atoms with Gasteiger partial charge in [0.1, 0.15) is 0 Å². The van der Waals surface area contributed by atoms with Gasteiger partial charge in [0, 0.05) is 12.5 Å². The van der Waals surface area contributed by atoms with Crippen molar-refractivity contribution < 1.29 is 18.7 Å². The molecule has 1 aromatic rings. The molecule has 2 rings (SSSR count). The van der Waals surface area contributed by atoms with Crippen LogP contribution >= 0.6 is 0 Å². The van der Waals surface area contributed by atoms with Gasteiger partial charge in [-0.15, -0.1) is 0 Å². The molecule has 110 valence electrons. The fraction of sp³-hybridized carbons (Fsp3) is 0.533. The molecule has 1 aliphatic carbocycles. The van der Waals surface area contributed by atoms with Crippen LogP contribution in [0, 0.1) is 17.6 Å². The molecule has 1 amide bonds. The van der Waals surface area contributed by atoms with Gasteiger partial charge in [0.2, 0.25) is 5.91 Å². The second-order valence-electron chi connectivity index (χ2n) is 5.28. The molecule has 1 saturated carbocycles. The van der Waals surface area contributed by atoms with E-state index in [1.165, 1.54) is 12.1 Å². The molecule has 1 fully saturated rings. The first-order valence-electron chi connectivity index (χ1n) is 6.94. The van der Waals surface area contributed by atoms with Crippen LogP contribution < -0.4 is 5.32 Å². The average molecular weight is 283 g/mol. The number of benzene rings is 1. The third-order valence-electron chi connectivity index (χ3n) is 3.64. The van der Waals surface area contributed by atoms with Crippen LogP contribution in [0.1, 0.15) is 37.7 Å². The molecular weight excluding hydrogens is 264 g/mol. The third kappa shape index (κ3) is 3.33. The van der Waals surface area contributed by atoms with Crippen molar-refractivity contribution in [2.45, 2.75) is 38.2 Å². The van der Waals surface area contributed by atoms with E-state index in [4.69, 9.17) is 0 Å². The van der Waals surface area contributed by atoms with Crippen molar-refractivity contribution >= 4 is 5.91 Å². The lowest BCUT2D eigenvalue weighted by molar-refractivity contribution is -0.122.